The second-order valence-corrected chi connectivity index (χ2v) is 7.27. The van der Waals surface area contributed by atoms with Crippen LogP contribution in [0.2, 0.25) is 0 Å². The summed E-state index contributed by atoms with van der Waals surface area (Å²) in [5, 5.41) is 0. The standard InChI is InChI=1S/C23H20N2O3S/c1-3-25-21-19(27-2)14-9-15-20(21)29-23(25)24-22(26)17-12-7-8-13-18(17)28-16-10-5-4-6-11-16/h4-15H,3H2,1-2H3. The third kappa shape index (κ3) is 3.79. The van der Waals surface area contributed by atoms with Crippen molar-refractivity contribution in [3.05, 3.63) is 83.2 Å². The lowest BCUT2D eigenvalue weighted by Crippen LogP contribution is -2.16. The molecule has 0 unspecified atom stereocenters. The van der Waals surface area contributed by atoms with E-state index in [1.54, 1.807) is 19.2 Å². The van der Waals surface area contributed by atoms with Crippen LogP contribution in [0.3, 0.4) is 0 Å². The number of carbonyl (C=O) groups is 1. The predicted octanol–water partition coefficient (Wildman–Crippen LogP) is 5.26. The molecule has 1 aromatic heterocycles. The van der Waals surface area contributed by atoms with Gasteiger partial charge in [-0.1, -0.05) is 47.7 Å². The van der Waals surface area contributed by atoms with Gasteiger partial charge in [0, 0.05) is 6.54 Å². The first-order valence-corrected chi connectivity index (χ1v) is 10.1. The van der Waals surface area contributed by atoms with Crippen molar-refractivity contribution in [2.45, 2.75) is 13.5 Å². The number of para-hydroxylation sites is 3. The van der Waals surface area contributed by atoms with Crippen LogP contribution in [0.4, 0.5) is 0 Å². The maximum Gasteiger partial charge on any atom is 0.283 e. The van der Waals surface area contributed by atoms with E-state index < -0.39 is 0 Å². The van der Waals surface area contributed by atoms with E-state index in [0.717, 1.165) is 16.0 Å². The number of ether oxygens (including phenoxy) is 2. The highest BCUT2D eigenvalue weighted by atomic mass is 32.1. The summed E-state index contributed by atoms with van der Waals surface area (Å²) in [6, 6.07) is 22.4. The van der Waals surface area contributed by atoms with Gasteiger partial charge in [0.2, 0.25) is 0 Å². The summed E-state index contributed by atoms with van der Waals surface area (Å²) >= 11 is 1.47. The topological polar surface area (TPSA) is 52.8 Å². The molecule has 0 spiro atoms. The number of hydrogen-bond acceptors (Lipinski definition) is 4. The molecule has 4 rings (SSSR count). The predicted molar refractivity (Wildman–Crippen MR) is 115 cm³/mol. The van der Waals surface area contributed by atoms with E-state index in [9.17, 15) is 4.79 Å². The molecule has 0 atom stereocenters. The summed E-state index contributed by atoms with van der Waals surface area (Å²) in [6.45, 7) is 2.70. The van der Waals surface area contributed by atoms with Crippen molar-refractivity contribution in [1.82, 2.24) is 4.57 Å². The Morgan fingerprint density at radius 1 is 0.966 bits per heavy atom. The summed E-state index contributed by atoms with van der Waals surface area (Å²) in [5.41, 5.74) is 1.37. The Morgan fingerprint density at radius 3 is 2.45 bits per heavy atom. The number of aromatic nitrogens is 1. The summed E-state index contributed by atoms with van der Waals surface area (Å²) in [4.78, 5) is 18.1. The van der Waals surface area contributed by atoms with Crippen molar-refractivity contribution in [1.29, 1.82) is 0 Å². The summed E-state index contributed by atoms with van der Waals surface area (Å²) in [6.07, 6.45) is 0. The molecule has 0 radical (unpaired) electrons. The molecule has 0 fully saturated rings. The first kappa shape index (κ1) is 19.0. The molecule has 29 heavy (non-hydrogen) atoms. The molecule has 0 aliphatic heterocycles. The number of hydrogen-bond donors (Lipinski definition) is 0. The van der Waals surface area contributed by atoms with E-state index in [4.69, 9.17) is 9.47 Å². The summed E-state index contributed by atoms with van der Waals surface area (Å²) < 4.78 is 14.4. The van der Waals surface area contributed by atoms with Gasteiger partial charge in [0.25, 0.3) is 5.91 Å². The summed E-state index contributed by atoms with van der Waals surface area (Å²) in [7, 11) is 1.64. The van der Waals surface area contributed by atoms with Gasteiger partial charge in [-0.25, -0.2) is 0 Å². The van der Waals surface area contributed by atoms with Crippen LogP contribution >= 0.6 is 11.3 Å². The zero-order valence-corrected chi connectivity index (χ0v) is 17.0. The van der Waals surface area contributed by atoms with Crippen molar-refractivity contribution in [2.75, 3.05) is 7.11 Å². The van der Waals surface area contributed by atoms with Gasteiger partial charge in [-0.2, -0.15) is 4.99 Å². The second kappa shape index (κ2) is 8.32. The first-order valence-electron chi connectivity index (χ1n) is 9.28. The van der Waals surface area contributed by atoms with Gasteiger partial charge >= 0.3 is 0 Å². The fourth-order valence-electron chi connectivity index (χ4n) is 3.14. The average Bonchev–Trinajstić information content (AvgIpc) is 3.11. The Kier molecular flexibility index (Phi) is 5.44. The molecule has 1 heterocycles. The Morgan fingerprint density at radius 2 is 1.69 bits per heavy atom. The van der Waals surface area contributed by atoms with E-state index in [0.29, 0.717) is 28.4 Å². The lowest BCUT2D eigenvalue weighted by atomic mass is 10.2. The molecule has 0 bridgehead atoms. The molecule has 5 nitrogen and oxygen atoms in total. The molecule has 3 aromatic carbocycles. The van der Waals surface area contributed by atoms with E-state index in [2.05, 4.69) is 4.99 Å². The van der Waals surface area contributed by atoms with Crippen molar-refractivity contribution in [2.24, 2.45) is 4.99 Å². The Hall–Kier alpha value is -3.38. The normalized spacial score (nSPS) is 11.6. The third-order valence-corrected chi connectivity index (χ3v) is 5.53. The molecule has 0 aliphatic rings. The monoisotopic (exact) mass is 404 g/mol. The van der Waals surface area contributed by atoms with Gasteiger partial charge in [-0.3, -0.25) is 4.79 Å². The van der Waals surface area contributed by atoms with Gasteiger partial charge in [0.15, 0.2) is 4.80 Å². The van der Waals surface area contributed by atoms with Crippen LogP contribution in [0.5, 0.6) is 17.2 Å². The number of fused-ring (bicyclic) bond motifs is 1. The maximum atomic E-state index is 13.0. The highest BCUT2D eigenvalue weighted by Crippen LogP contribution is 2.28. The minimum atomic E-state index is -0.343. The third-order valence-electron chi connectivity index (χ3n) is 4.49. The van der Waals surface area contributed by atoms with Crippen LogP contribution < -0.4 is 14.3 Å². The molecule has 1 amide bonds. The van der Waals surface area contributed by atoms with E-state index in [-0.39, 0.29) is 5.91 Å². The highest BCUT2D eigenvalue weighted by Gasteiger charge is 2.15. The van der Waals surface area contributed by atoms with Gasteiger partial charge in [-0.15, -0.1) is 0 Å². The fraction of sp³-hybridized carbons (Fsp3) is 0.130. The number of amides is 1. The van der Waals surface area contributed by atoms with Crippen LogP contribution in [0.1, 0.15) is 17.3 Å². The minimum Gasteiger partial charge on any atom is -0.495 e. The summed E-state index contributed by atoms with van der Waals surface area (Å²) in [5.74, 6) is 1.57. The first-order chi connectivity index (χ1) is 14.2. The molecular formula is C23H20N2O3S. The van der Waals surface area contributed by atoms with Crippen LogP contribution in [-0.4, -0.2) is 17.6 Å². The fourth-order valence-corrected chi connectivity index (χ4v) is 4.25. The SMILES string of the molecule is CCn1c(=NC(=O)c2ccccc2Oc2ccccc2)sc2cccc(OC)c21. The Balaban J connectivity index is 1.78. The van der Waals surface area contributed by atoms with Crippen molar-refractivity contribution in [3.8, 4) is 17.2 Å². The van der Waals surface area contributed by atoms with Gasteiger partial charge < -0.3 is 14.0 Å². The van der Waals surface area contributed by atoms with Crippen LogP contribution in [0.15, 0.2) is 77.8 Å². The van der Waals surface area contributed by atoms with Crippen molar-refractivity contribution in [3.63, 3.8) is 0 Å². The number of carbonyl (C=O) groups excluding carboxylic acids is 1. The average molecular weight is 404 g/mol. The zero-order valence-electron chi connectivity index (χ0n) is 16.2. The Bertz CT molecular complexity index is 1230. The van der Waals surface area contributed by atoms with Crippen molar-refractivity contribution >= 4 is 27.5 Å². The maximum absolute atomic E-state index is 13.0. The van der Waals surface area contributed by atoms with E-state index >= 15 is 0 Å². The highest BCUT2D eigenvalue weighted by molar-refractivity contribution is 7.16. The quantitative estimate of drug-likeness (QED) is 0.456. The van der Waals surface area contributed by atoms with Gasteiger partial charge in [0.1, 0.15) is 22.8 Å². The molecule has 6 heteroatoms. The van der Waals surface area contributed by atoms with E-state index in [1.165, 1.54) is 11.3 Å². The number of rotatable bonds is 5. The number of benzene rings is 3. The second-order valence-electron chi connectivity index (χ2n) is 6.26. The van der Waals surface area contributed by atoms with E-state index in [1.807, 2.05) is 72.2 Å². The smallest absolute Gasteiger partial charge is 0.283 e. The molecular weight excluding hydrogens is 384 g/mol. The molecule has 0 saturated heterocycles. The number of thiazole rings is 1. The van der Waals surface area contributed by atoms with Crippen LogP contribution in [0, 0.1) is 0 Å². The minimum absolute atomic E-state index is 0.343. The molecule has 4 aromatic rings. The molecule has 0 N–H and O–H groups in total. The lowest BCUT2D eigenvalue weighted by Gasteiger charge is -2.09. The molecule has 0 saturated carbocycles. The van der Waals surface area contributed by atoms with Gasteiger partial charge in [0.05, 0.1) is 17.4 Å². The number of nitrogens with zero attached hydrogens (tertiary/aromatic N) is 2. The number of aryl methyl sites for hydroxylation is 1. The van der Waals surface area contributed by atoms with Crippen LogP contribution in [-0.2, 0) is 6.54 Å². The molecule has 0 aliphatic carbocycles. The Labute approximate surface area is 172 Å². The lowest BCUT2D eigenvalue weighted by molar-refractivity contribution is 0.0995. The number of methoxy groups -OCH3 is 1. The largest absolute Gasteiger partial charge is 0.495 e. The zero-order chi connectivity index (χ0) is 20.2. The van der Waals surface area contributed by atoms with Crippen molar-refractivity contribution < 1.29 is 14.3 Å². The van der Waals surface area contributed by atoms with Crippen LogP contribution in [0.25, 0.3) is 10.2 Å². The van der Waals surface area contributed by atoms with Gasteiger partial charge in [-0.05, 0) is 43.3 Å². The molecule has 146 valence electrons.